The number of ether oxygens (including phenoxy) is 3. The largest absolute Gasteiger partial charge is 0.493 e. The molecule has 2 rings (SSSR count). The maximum Gasteiger partial charge on any atom is 0.331 e. The number of carbonyl (C=O) groups is 2. The second-order valence-electron chi connectivity index (χ2n) is 4.82. The number of amidine groups is 1. The molecule has 0 aliphatic carbocycles. The summed E-state index contributed by atoms with van der Waals surface area (Å²) in [6.07, 6.45) is -0.347. The molecule has 0 spiro atoms. The Morgan fingerprint density at radius 3 is 2.81 bits per heavy atom. The summed E-state index contributed by atoms with van der Waals surface area (Å²) in [5.41, 5.74) is 0.360. The molecule has 11 heteroatoms. The van der Waals surface area contributed by atoms with Gasteiger partial charge in [-0.2, -0.15) is 5.10 Å². The number of hydrogen-bond acceptors (Lipinski definition) is 8. The second-order valence-corrected chi connectivity index (χ2v) is 5.85. The molecule has 1 aliphatic heterocycles. The number of halogens is 2. The molecule has 1 heterocycles. The van der Waals surface area contributed by atoms with Crippen molar-refractivity contribution in [3.63, 3.8) is 0 Å². The second kappa shape index (κ2) is 9.67. The van der Waals surface area contributed by atoms with Crippen LogP contribution in [0.5, 0.6) is 11.5 Å². The van der Waals surface area contributed by atoms with Crippen LogP contribution < -0.4 is 14.8 Å². The lowest BCUT2D eigenvalue weighted by Gasteiger charge is -2.12. The number of thioether (sulfide) groups is 1. The molecule has 1 aromatic rings. The van der Waals surface area contributed by atoms with Gasteiger partial charge in [-0.25, -0.2) is 13.6 Å². The molecular formula is C16H15F2N3O5S. The molecule has 1 aliphatic rings. The van der Waals surface area contributed by atoms with Gasteiger partial charge in [0.25, 0.3) is 12.3 Å². The van der Waals surface area contributed by atoms with Crippen LogP contribution in [0.4, 0.5) is 8.78 Å². The van der Waals surface area contributed by atoms with Gasteiger partial charge in [-0.15, -0.1) is 5.10 Å². The average Bonchev–Trinajstić information content (AvgIpc) is 2.99. The average molecular weight is 399 g/mol. The van der Waals surface area contributed by atoms with Crippen molar-refractivity contribution in [2.75, 3.05) is 20.8 Å². The quantitative estimate of drug-likeness (QED) is 0.326. The lowest BCUT2D eigenvalue weighted by Crippen LogP contribution is -2.19. The zero-order valence-electron chi connectivity index (χ0n) is 14.3. The highest BCUT2D eigenvalue weighted by Crippen LogP contribution is 2.30. The zero-order chi connectivity index (χ0) is 19.8. The molecule has 0 aromatic heterocycles. The molecule has 0 bridgehead atoms. The Balaban J connectivity index is 2.16. The van der Waals surface area contributed by atoms with Gasteiger partial charge in [0, 0.05) is 11.6 Å². The lowest BCUT2D eigenvalue weighted by atomic mass is 10.2. The van der Waals surface area contributed by atoms with Gasteiger partial charge < -0.3 is 14.2 Å². The van der Waals surface area contributed by atoms with Gasteiger partial charge in [-0.3, -0.25) is 10.1 Å². The van der Waals surface area contributed by atoms with Gasteiger partial charge in [0.15, 0.2) is 16.7 Å². The highest BCUT2D eigenvalue weighted by Gasteiger charge is 2.25. The van der Waals surface area contributed by atoms with E-state index in [4.69, 9.17) is 9.47 Å². The van der Waals surface area contributed by atoms with E-state index in [1.54, 1.807) is 18.2 Å². The van der Waals surface area contributed by atoms with E-state index in [1.807, 2.05) is 0 Å². The molecule has 27 heavy (non-hydrogen) atoms. The smallest absolute Gasteiger partial charge is 0.331 e. The normalized spacial score (nSPS) is 17.0. The number of hydrogen-bond donors (Lipinski definition) is 1. The number of carbonyl (C=O) groups excluding carboxylic acids is 2. The molecule has 1 fully saturated rings. The Morgan fingerprint density at radius 1 is 1.37 bits per heavy atom. The van der Waals surface area contributed by atoms with Crippen LogP contribution in [0.2, 0.25) is 0 Å². The van der Waals surface area contributed by atoms with Crippen LogP contribution >= 0.6 is 11.8 Å². The number of para-hydroxylation sites is 1. The first-order valence-corrected chi connectivity index (χ1v) is 8.24. The number of methoxy groups -OCH3 is 2. The predicted molar refractivity (Wildman–Crippen MR) is 95.4 cm³/mol. The minimum atomic E-state index is -2.65. The molecule has 8 nitrogen and oxygen atoms in total. The molecule has 0 atom stereocenters. The molecule has 0 saturated carbocycles. The van der Waals surface area contributed by atoms with Crippen LogP contribution in [-0.4, -0.2) is 50.5 Å². The maximum absolute atomic E-state index is 12.4. The number of amides is 1. The standard InChI is InChI=1S/C16H15F2N3O5S/c1-24-10-5-3-4-9(14(10)26-8-12(17)18)7-19-21-16-20-15(23)11(27-16)6-13(22)25-2/h3-7,12H,8H2,1-2H3,(H,20,21,23)/b11-6+,19-7?. The van der Waals surface area contributed by atoms with Crippen LogP contribution in [0.1, 0.15) is 5.56 Å². The highest BCUT2D eigenvalue weighted by molar-refractivity contribution is 8.18. The van der Waals surface area contributed by atoms with Crippen molar-refractivity contribution in [3.05, 3.63) is 34.7 Å². The van der Waals surface area contributed by atoms with Crippen molar-refractivity contribution in [2.24, 2.45) is 10.2 Å². The van der Waals surface area contributed by atoms with Gasteiger partial charge in [0.05, 0.1) is 25.3 Å². The van der Waals surface area contributed by atoms with Gasteiger partial charge in [0.1, 0.15) is 6.61 Å². The fourth-order valence-corrected chi connectivity index (χ4v) is 2.62. The maximum atomic E-state index is 12.4. The van der Waals surface area contributed by atoms with Gasteiger partial charge in [-0.05, 0) is 23.9 Å². The van der Waals surface area contributed by atoms with Gasteiger partial charge >= 0.3 is 5.97 Å². The molecular weight excluding hydrogens is 384 g/mol. The Bertz CT molecular complexity index is 811. The minimum Gasteiger partial charge on any atom is -0.493 e. The van der Waals surface area contributed by atoms with E-state index in [-0.39, 0.29) is 21.6 Å². The topological polar surface area (TPSA) is 98.6 Å². The first-order valence-electron chi connectivity index (χ1n) is 7.42. The van der Waals surface area contributed by atoms with Crippen molar-refractivity contribution < 1.29 is 32.6 Å². The third-order valence-corrected chi connectivity index (χ3v) is 3.93. The Morgan fingerprint density at radius 2 is 2.15 bits per heavy atom. The van der Waals surface area contributed by atoms with E-state index in [2.05, 4.69) is 20.3 Å². The van der Waals surface area contributed by atoms with Crippen LogP contribution in [0.25, 0.3) is 0 Å². The Kier molecular flexibility index (Phi) is 7.29. The summed E-state index contributed by atoms with van der Waals surface area (Å²) in [6, 6.07) is 4.77. The fourth-order valence-electron chi connectivity index (χ4n) is 1.88. The number of esters is 1. The van der Waals surface area contributed by atoms with E-state index in [0.29, 0.717) is 5.56 Å². The molecule has 1 aromatic carbocycles. The van der Waals surface area contributed by atoms with Crippen molar-refractivity contribution >= 4 is 35.0 Å². The van der Waals surface area contributed by atoms with Gasteiger partial charge in [-0.1, -0.05) is 6.07 Å². The van der Waals surface area contributed by atoms with Crippen LogP contribution in [0.15, 0.2) is 39.4 Å². The number of nitrogens with one attached hydrogen (secondary N) is 1. The summed E-state index contributed by atoms with van der Waals surface area (Å²) >= 11 is 0.904. The molecule has 1 saturated heterocycles. The monoisotopic (exact) mass is 399 g/mol. The Hall–Kier alpha value is -2.95. The number of nitrogens with zero attached hydrogens (tertiary/aromatic N) is 2. The van der Waals surface area contributed by atoms with Crippen molar-refractivity contribution in [1.82, 2.24) is 5.32 Å². The van der Waals surface area contributed by atoms with Crippen LogP contribution in [0.3, 0.4) is 0 Å². The first kappa shape index (κ1) is 20.4. The number of alkyl halides is 2. The predicted octanol–water partition coefficient (Wildman–Crippen LogP) is 1.95. The minimum absolute atomic E-state index is 0.0960. The van der Waals surface area contributed by atoms with Crippen molar-refractivity contribution in [2.45, 2.75) is 6.43 Å². The summed E-state index contributed by atoms with van der Waals surface area (Å²) < 4.78 is 39.5. The Labute approximate surface area is 157 Å². The number of rotatable bonds is 7. The summed E-state index contributed by atoms with van der Waals surface area (Å²) in [4.78, 5) is 23.0. The first-order chi connectivity index (χ1) is 12.9. The zero-order valence-corrected chi connectivity index (χ0v) is 15.1. The molecule has 0 radical (unpaired) electrons. The van der Waals surface area contributed by atoms with E-state index < -0.39 is 24.9 Å². The summed E-state index contributed by atoms with van der Waals surface area (Å²) in [6.45, 7) is -0.802. The van der Waals surface area contributed by atoms with Crippen LogP contribution in [0, 0.1) is 0 Å². The van der Waals surface area contributed by atoms with Crippen molar-refractivity contribution in [1.29, 1.82) is 0 Å². The highest BCUT2D eigenvalue weighted by atomic mass is 32.2. The molecule has 0 unspecified atom stereocenters. The molecule has 144 valence electrons. The van der Waals surface area contributed by atoms with E-state index >= 15 is 0 Å². The van der Waals surface area contributed by atoms with E-state index in [9.17, 15) is 18.4 Å². The van der Waals surface area contributed by atoms with E-state index in [1.165, 1.54) is 20.4 Å². The summed E-state index contributed by atoms with van der Waals surface area (Å²) in [7, 11) is 2.57. The summed E-state index contributed by atoms with van der Waals surface area (Å²) in [5, 5.41) is 10.2. The third-order valence-electron chi connectivity index (χ3n) is 3.03. The van der Waals surface area contributed by atoms with Crippen LogP contribution in [-0.2, 0) is 14.3 Å². The molecule has 1 amide bonds. The van der Waals surface area contributed by atoms with Gasteiger partial charge in [0.2, 0.25) is 0 Å². The fraction of sp³-hybridized carbons (Fsp3) is 0.250. The SMILES string of the molecule is COC(=O)/C=C1/S/C(=N\N=Cc2cccc(OC)c2OCC(F)F)NC1=O. The molecule has 1 N–H and O–H groups in total. The third kappa shape index (κ3) is 5.78. The van der Waals surface area contributed by atoms with Crippen molar-refractivity contribution in [3.8, 4) is 11.5 Å². The lowest BCUT2D eigenvalue weighted by molar-refractivity contribution is -0.135. The van der Waals surface area contributed by atoms with E-state index in [0.717, 1.165) is 17.8 Å². The number of benzene rings is 1. The summed E-state index contributed by atoms with van der Waals surface area (Å²) in [5.74, 6) is -0.825.